The second-order valence-electron chi connectivity index (χ2n) is 8.42. The summed E-state index contributed by atoms with van der Waals surface area (Å²) in [5.41, 5.74) is -3.97. The van der Waals surface area contributed by atoms with Crippen molar-refractivity contribution in [1.82, 2.24) is 20.4 Å². The summed E-state index contributed by atoms with van der Waals surface area (Å²) >= 11 is 0.865. The number of likely N-dealkylation sites (tertiary alicyclic amines) is 1. The maximum absolute atomic E-state index is 14.6. The largest absolute Gasteiger partial charge is 0.446 e. The van der Waals surface area contributed by atoms with Crippen molar-refractivity contribution in [2.75, 3.05) is 25.5 Å². The number of thioether (sulfide) groups is 1. The Morgan fingerprint density at radius 1 is 1.32 bits per heavy atom. The first-order valence-electron chi connectivity index (χ1n) is 10.7. The molecule has 0 bridgehead atoms. The highest BCUT2D eigenvalue weighted by Gasteiger charge is 2.35. The molecule has 1 amide bonds. The summed E-state index contributed by atoms with van der Waals surface area (Å²) in [5.74, 6) is 0.0381. The van der Waals surface area contributed by atoms with Crippen molar-refractivity contribution in [2.24, 2.45) is 0 Å². The van der Waals surface area contributed by atoms with Crippen molar-refractivity contribution in [3.8, 4) is 10.7 Å². The Morgan fingerprint density at radius 3 is 2.88 bits per heavy atom. The number of benzene rings is 1. The molecule has 0 radical (unpaired) electrons. The van der Waals surface area contributed by atoms with E-state index in [-0.39, 0.29) is 39.2 Å². The minimum Gasteiger partial charge on any atom is -0.377 e. The van der Waals surface area contributed by atoms with Gasteiger partial charge < -0.3 is 20.1 Å². The first kappa shape index (κ1) is 23.4. The van der Waals surface area contributed by atoms with Crippen molar-refractivity contribution in [3.05, 3.63) is 24.1 Å². The van der Waals surface area contributed by atoms with Crippen LogP contribution in [0.3, 0.4) is 0 Å². The molecule has 2 N–H and O–H groups in total. The first-order chi connectivity index (χ1) is 16.2. The number of piperidine rings is 1. The molecule has 4 heterocycles. The van der Waals surface area contributed by atoms with E-state index in [1.807, 2.05) is 11.9 Å². The average Bonchev–Trinajstić information content (AvgIpc) is 3.49. The number of amides is 1. The molecular weight excluding hydrogens is 494 g/mol. The van der Waals surface area contributed by atoms with Gasteiger partial charge in [-0.05, 0) is 37.7 Å². The van der Waals surface area contributed by atoms with Gasteiger partial charge in [0, 0.05) is 29.8 Å². The smallest absolute Gasteiger partial charge is 0.377 e. The number of anilines is 1. The molecule has 0 aliphatic carbocycles. The molecule has 0 unspecified atom stereocenters. The molecule has 2 fully saturated rings. The monoisotopic (exact) mass is 515 g/mol. The number of rotatable bonds is 5. The predicted octanol–water partition coefficient (Wildman–Crippen LogP) is 4.97. The molecule has 2 aromatic heterocycles. The molecule has 0 spiro atoms. The van der Waals surface area contributed by atoms with Crippen molar-refractivity contribution < 1.29 is 26.9 Å². The molecule has 3 aromatic rings. The van der Waals surface area contributed by atoms with E-state index in [1.165, 1.54) is 0 Å². The lowest BCUT2D eigenvalue weighted by atomic mass is 10.0. The number of hydrogen-bond donors (Lipinski definition) is 2. The van der Waals surface area contributed by atoms with Gasteiger partial charge in [-0.15, -0.1) is 11.3 Å². The van der Waals surface area contributed by atoms with Gasteiger partial charge in [-0.25, -0.2) is 4.39 Å². The Labute approximate surface area is 200 Å². The summed E-state index contributed by atoms with van der Waals surface area (Å²) in [4.78, 5) is 18.0. The lowest BCUT2D eigenvalue weighted by molar-refractivity contribution is -0.119. The highest BCUT2D eigenvalue weighted by molar-refractivity contribution is 8.00. The lowest BCUT2D eigenvalue weighted by Crippen LogP contribution is -2.47. The number of fused-ring (bicyclic) bond motifs is 1. The number of aromatic nitrogens is 2. The van der Waals surface area contributed by atoms with E-state index >= 15 is 0 Å². The minimum absolute atomic E-state index is 0.0239. The van der Waals surface area contributed by atoms with Gasteiger partial charge in [0.2, 0.25) is 17.6 Å². The van der Waals surface area contributed by atoms with Gasteiger partial charge in [0.15, 0.2) is 0 Å². The fourth-order valence-electron chi connectivity index (χ4n) is 4.26. The number of likely N-dealkylation sites (N-methyl/N-ethyl adjacent to an activating group) is 1. The van der Waals surface area contributed by atoms with Crippen molar-refractivity contribution in [2.45, 2.75) is 47.9 Å². The number of carbonyl (C=O) groups is 1. The summed E-state index contributed by atoms with van der Waals surface area (Å²) in [5, 5.41) is 10.2. The SMILES string of the molecule is CN1CC[C@@H](F)[C@H](Nc2cccc3c(SC(F)(F)F)c(-c4noc([C@H]5CCC(=O)N5)n4)sc23)C1. The molecule has 2 saturated heterocycles. The van der Waals surface area contributed by atoms with Crippen LogP contribution in [0, 0.1) is 0 Å². The Morgan fingerprint density at radius 2 is 2.15 bits per heavy atom. The van der Waals surface area contributed by atoms with Gasteiger partial charge in [-0.1, -0.05) is 17.3 Å². The topological polar surface area (TPSA) is 83.3 Å². The van der Waals surface area contributed by atoms with Crippen molar-refractivity contribution in [1.29, 1.82) is 0 Å². The van der Waals surface area contributed by atoms with Gasteiger partial charge in [-0.2, -0.15) is 18.2 Å². The van der Waals surface area contributed by atoms with E-state index in [4.69, 9.17) is 4.52 Å². The maximum Gasteiger partial charge on any atom is 0.446 e. The normalized spacial score (nSPS) is 24.0. The third kappa shape index (κ3) is 4.73. The van der Waals surface area contributed by atoms with Gasteiger partial charge in [-0.3, -0.25) is 4.79 Å². The van der Waals surface area contributed by atoms with Crippen LogP contribution in [-0.2, 0) is 4.79 Å². The van der Waals surface area contributed by atoms with Gasteiger partial charge >= 0.3 is 5.51 Å². The fraction of sp³-hybridized carbons (Fsp3) is 0.476. The van der Waals surface area contributed by atoms with E-state index in [1.54, 1.807) is 18.2 Å². The van der Waals surface area contributed by atoms with Crippen molar-refractivity contribution in [3.63, 3.8) is 0 Å². The number of nitrogens with one attached hydrogen (secondary N) is 2. The van der Waals surface area contributed by atoms with E-state index < -0.39 is 23.8 Å². The predicted molar refractivity (Wildman–Crippen MR) is 122 cm³/mol. The zero-order valence-corrected chi connectivity index (χ0v) is 19.6. The number of hydrogen-bond acceptors (Lipinski definition) is 8. The highest BCUT2D eigenvalue weighted by atomic mass is 32.2. The Balaban J connectivity index is 1.55. The van der Waals surface area contributed by atoms with E-state index in [9.17, 15) is 22.4 Å². The van der Waals surface area contributed by atoms with Crippen LogP contribution in [0.15, 0.2) is 27.6 Å². The number of carbonyl (C=O) groups excluding carboxylic acids is 1. The van der Waals surface area contributed by atoms with Crippen LogP contribution in [0.4, 0.5) is 23.2 Å². The molecule has 182 valence electrons. The van der Waals surface area contributed by atoms with Crippen LogP contribution < -0.4 is 10.6 Å². The first-order valence-corrected chi connectivity index (χ1v) is 12.3. The molecule has 0 saturated carbocycles. The van der Waals surface area contributed by atoms with Crippen LogP contribution in [0.25, 0.3) is 20.8 Å². The van der Waals surface area contributed by atoms with Gasteiger partial charge in [0.1, 0.15) is 12.2 Å². The minimum atomic E-state index is -4.53. The molecule has 7 nitrogen and oxygen atoms in total. The Hall–Kier alpha value is -2.38. The third-order valence-electron chi connectivity index (χ3n) is 5.90. The summed E-state index contributed by atoms with van der Waals surface area (Å²) in [7, 11) is 1.91. The maximum atomic E-state index is 14.6. The number of alkyl halides is 4. The van der Waals surface area contributed by atoms with Crippen LogP contribution in [0.2, 0.25) is 0 Å². The fourth-order valence-corrected chi connectivity index (χ4v) is 6.37. The molecule has 5 rings (SSSR count). The molecular formula is C21H21F4N5O2S2. The molecule has 34 heavy (non-hydrogen) atoms. The van der Waals surface area contributed by atoms with E-state index in [2.05, 4.69) is 20.8 Å². The van der Waals surface area contributed by atoms with Gasteiger partial charge in [0.25, 0.3) is 0 Å². The molecule has 1 aromatic carbocycles. The zero-order valence-electron chi connectivity index (χ0n) is 18.0. The summed E-state index contributed by atoms with van der Waals surface area (Å²) in [6, 6.07) is 4.06. The van der Waals surface area contributed by atoms with E-state index in [0.717, 1.165) is 11.3 Å². The highest BCUT2D eigenvalue weighted by Crippen LogP contribution is 2.50. The lowest BCUT2D eigenvalue weighted by Gasteiger charge is -2.33. The van der Waals surface area contributed by atoms with Crippen LogP contribution in [0.5, 0.6) is 0 Å². The standard InChI is InChI=1S/C21H21F4N5O2S2/c1-30-8-7-11(22)14(9-30)26-12-4-2-3-10-16(12)33-18(17(10)34-21(23,24)25)19-28-20(32-29-19)13-5-6-15(31)27-13/h2-4,11,13-14,26H,5-9H2,1H3,(H,27,31)/t11-,13-,14-/m1/s1. The average molecular weight is 516 g/mol. The van der Waals surface area contributed by atoms with E-state index in [0.29, 0.717) is 48.1 Å². The molecule has 2 aliphatic rings. The Kier molecular flexibility index (Phi) is 6.19. The number of nitrogens with zero attached hydrogens (tertiary/aromatic N) is 3. The van der Waals surface area contributed by atoms with Crippen LogP contribution in [-0.4, -0.2) is 58.8 Å². The Bertz CT molecular complexity index is 1210. The van der Waals surface area contributed by atoms with Crippen LogP contribution in [0.1, 0.15) is 31.2 Å². The zero-order chi connectivity index (χ0) is 24.0. The second kappa shape index (κ2) is 9.00. The summed E-state index contributed by atoms with van der Waals surface area (Å²) < 4.78 is 60.9. The summed E-state index contributed by atoms with van der Waals surface area (Å²) in [6.07, 6.45) is 0.127. The second-order valence-corrected chi connectivity index (χ2v) is 10.5. The van der Waals surface area contributed by atoms with Gasteiger partial charge in [0.05, 0.1) is 21.3 Å². The molecule has 3 atom stereocenters. The van der Waals surface area contributed by atoms with Crippen LogP contribution >= 0.6 is 23.1 Å². The quantitative estimate of drug-likeness (QED) is 0.367. The third-order valence-corrected chi connectivity index (χ3v) is 8.12. The van der Waals surface area contributed by atoms with Crippen molar-refractivity contribution >= 4 is 44.8 Å². The number of thiophene rings is 1. The summed E-state index contributed by atoms with van der Waals surface area (Å²) in [6.45, 7) is 1.14. The number of halogens is 4. The molecule has 13 heteroatoms. The molecule has 2 aliphatic heterocycles.